The van der Waals surface area contributed by atoms with Gasteiger partial charge in [-0.25, -0.2) is 9.59 Å². The molecule has 0 N–H and O–H groups in total. The van der Waals surface area contributed by atoms with Crippen LogP contribution in [-0.4, -0.2) is 31.8 Å². The number of rotatable bonds is 7. The fourth-order valence-corrected chi connectivity index (χ4v) is 2.58. The maximum Gasteiger partial charge on any atom is 0.414 e. The van der Waals surface area contributed by atoms with Gasteiger partial charge in [0.25, 0.3) is 0 Å². The summed E-state index contributed by atoms with van der Waals surface area (Å²) in [6.07, 6.45) is 5.24. The number of hydrogen-bond donors (Lipinski definition) is 0. The minimum atomic E-state index is -0.385. The van der Waals surface area contributed by atoms with Gasteiger partial charge in [0.05, 0.1) is 19.2 Å². The topological polar surface area (TPSA) is 55.8 Å². The lowest BCUT2D eigenvalue weighted by atomic mass is 10.1. The van der Waals surface area contributed by atoms with E-state index in [2.05, 4.69) is 11.7 Å². The second kappa shape index (κ2) is 7.82. The Balaban J connectivity index is 1.92. The van der Waals surface area contributed by atoms with Crippen LogP contribution in [-0.2, 0) is 9.47 Å². The van der Waals surface area contributed by atoms with Crippen LogP contribution in [0.25, 0.3) is 0 Å². The summed E-state index contributed by atoms with van der Waals surface area (Å²) in [6.45, 7) is 2.75. The fraction of sp³-hybridized carbons (Fsp3) is 0.529. The third-order valence-electron chi connectivity index (χ3n) is 3.85. The van der Waals surface area contributed by atoms with E-state index in [1.54, 1.807) is 29.2 Å². The fourth-order valence-electron chi connectivity index (χ4n) is 2.58. The molecular formula is C17H23NO4. The summed E-state index contributed by atoms with van der Waals surface area (Å²) in [4.78, 5) is 25.0. The van der Waals surface area contributed by atoms with Gasteiger partial charge in [-0.2, -0.15) is 0 Å². The summed E-state index contributed by atoms with van der Waals surface area (Å²) < 4.78 is 10.1. The molecule has 1 aliphatic rings. The van der Waals surface area contributed by atoms with E-state index in [9.17, 15) is 9.59 Å². The molecule has 22 heavy (non-hydrogen) atoms. The molecule has 0 aromatic heterocycles. The van der Waals surface area contributed by atoms with Crippen LogP contribution in [0.5, 0.6) is 0 Å². The summed E-state index contributed by atoms with van der Waals surface area (Å²) in [6, 6.07) is 6.80. The Morgan fingerprint density at radius 1 is 1.27 bits per heavy atom. The number of amides is 1. The molecule has 1 saturated heterocycles. The highest BCUT2D eigenvalue weighted by Crippen LogP contribution is 2.24. The maximum absolute atomic E-state index is 12.0. The molecule has 5 heteroatoms. The standard InChI is InChI=1S/C17H23NO4/c1-3-4-5-6-7-15-12-18(17(20)22-15)14-10-8-13(9-11-14)16(19)21-2/h8-11,15H,3-7,12H2,1-2H3. The molecule has 0 radical (unpaired) electrons. The third kappa shape index (κ3) is 4.00. The monoisotopic (exact) mass is 305 g/mol. The number of benzene rings is 1. The van der Waals surface area contributed by atoms with Gasteiger partial charge in [0.15, 0.2) is 0 Å². The molecule has 0 spiro atoms. The van der Waals surface area contributed by atoms with Crippen LogP contribution in [0.2, 0.25) is 0 Å². The number of ether oxygens (including phenoxy) is 2. The van der Waals surface area contributed by atoms with Crippen molar-refractivity contribution in [2.75, 3.05) is 18.6 Å². The van der Waals surface area contributed by atoms with E-state index in [1.807, 2.05) is 0 Å². The van der Waals surface area contributed by atoms with Crippen molar-refractivity contribution >= 4 is 17.7 Å². The zero-order valence-corrected chi connectivity index (χ0v) is 13.2. The average molecular weight is 305 g/mol. The van der Waals surface area contributed by atoms with Crippen molar-refractivity contribution in [3.63, 3.8) is 0 Å². The van der Waals surface area contributed by atoms with Crippen molar-refractivity contribution in [2.24, 2.45) is 0 Å². The Morgan fingerprint density at radius 3 is 2.64 bits per heavy atom. The van der Waals surface area contributed by atoms with Crippen LogP contribution in [0.3, 0.4) is 0 Å². The van der Waals surface area contributed by atoms with Gasteiger partial charge in [0.2, 0.25) is 0 Å². The molecule has 0 bridgehead atoms. The Kier molecular flexibility index (Phi) is 5.81. The second-order valence-corrected chi connectivity index (χ2v) is 5.50. The first-order valence-electron chi connectivity index (χ1n) is 7.82. The Bertz CT molecular complexity index is 512. The number of unbranched alkanes of at least 4 members (excludes halogenated alkanes) is 3. The zero-order valence-electron chi connectivity index (χ0n) is 13.2. The van der Waals surface area contributed by atoms with Crippen molar-refractivity contribution in [3.05, 3.63) is 29.8 Å². The van der Waals surface area contributed by atoms with Crippen LogP contribution < -0.4 is 4.90 Å². The largest absolute Gasteiger partial charge is 0.465 e. The highest BCUT2D eigenvalue weighted by atomic mass is 16.6. The first kappa shape index (κ1) is 16.3. The first-order chi connectivity index (χ1) is 10.7. The minimum Gasteiger partial charge on any atom is -0.465 e. The van der Waals surface area contributed by atoms with Crippen LogP contribution in [0.1, 0.15) is 49.4 Å². The van der Waals surface area contributed by atoms with E-state index in [0.29, 0.717) is 12.1 Å². The van der Waals surface area contributed by atoms with E-state index in [-0.39, 0.29) is 18.2 Å². The molecule has 5 nitrogen and oxygen atoms in total. The predicted octanol–water partition coefficient (Wildman–Crippen LogP) is 3.77. The molecule has 1 atom stereocenters. The van der Waals surface area contributed by atoms with Gasteiger partial charge in [-0.15, -0.1) is 0 Å². The van der Waals surface area contributed by atoms with Crippen molar-refractivity contribution in [2.45, 2.75) is 45.1 Å². The van der Waals surface area contributed by atoms with Crippen LogP contribution in [0, 0.1) is 0 Å². The van der Waals surface area contributed by atoms with Gasteiger partial charge < -0.3 is 9.47 Å². The number of carbonyl (C=O) groups excluding carboxylic acids is 2. The number of esters is 1. The lowest BCUT2D eigenvalue weighted by Gasteiger charge is -2.13. The molecule has 2 rings (SSSR count). The molecule has 1 fully saturated rings. The molecule has 0 saturated carbocycles. The SMILES string of the molecule is CCCCCCC1CN(c2ccc(C(=O)OC)cc2)C(=O)O1. The maximum atomic E-state index is 12.0. The van der Waals surface area contributed by atoms with Crippen molar-refractivity contribution in [1.29, 1.82) is 0 Å². The molecule has 1 aliphatic heterocycles. The molecule has 0 aliphatic carbocycles. The normalized spacial score (nSPS) is 17.5. The number of hydrogen-bond acceptors (Lipinski definition) is 4. The van der Waals surface area contributed by atoms with E-state index in [0.717, 1.165) is 18.5 Å². The molecule has 1 amide bonds. The molecular weight excluding hydrogens is 282 g/mol. The Labute approximate surface area is 131 Å². The van der Waals surface area contributed by atoms with Crippen molar-refractivity contribution < 1.29 is 19.1 Å². The summed E-state index contributed by atoms with van der Waals surface area (Å²) in [7, 11) is 1.34. The quantitative estimate of drug-likeness (QED) is 0.568. The predicted molar refractivity (Wildman–Crippen MR) is 84.2 cm³/mol. The molecule has 1 aromatic carbocycles. The third-order valence-corrected chi connectivity index (χ3v) is 3.85. The molecule has 1 unspecified atom stereocenters. The van der Waals surface area contributed by atoms with Gasteiger partial charge in [-0.1, -0.05) is 26.2 Å². The second-order valence-electron chi connectivity index (χ2n) is 5.50. The molecule has 1 heterocycles. The van der Waals surface area contributed by atoms with Gasteiger partial charge in [-0.05, 0) is 37.1 Å². The van der Waals surface area contributed by atoms with E-state index >= 15 is 0 Å². The van der Waals surface area contributed by atoms with E-state index < -0.39 is 0 Å². The number of anilines is 1. The van der Waals surface area contributed by atoms with Gasteiger partial charge in [0.1, 0.15) is 6.10 Å². The highest BCUT2D eigenvalue weighted by molar-refractivity contribution is 5.92. The lowest BCUT2D eigenvalue weighted by Crippen LogP contribution is -2.24. The summed E-state index contributed by atoms with van der Waals surface area (Å²) in [5.74, 6) is -0.385. The van der Waals surface area contributed by atoms with Crippen LogP contribution in [0.4, 0.5) is 10.5 Å². The summed E-state index contributed by atoms with van der Waals surface area (Å²) in [5.41, 5.74) is 1.21. The van der Waals surface area contributed by atoms with E-state index in [4.69, 9.17) is 4.74 Å². The Hall–Kier alpha value is -2.04. The number of methoxy groups -OCH3 is 1. The lowest BCUT2D eigenvalue weighted by molar-refractivity contribution is 0.0600. The van der Waals surface area contributed by atoms with Crippen molar-refractivity contribution in [3.8, 4) is 0 Å². The Morgan fingerprint density at radius 2 is 2.00 bits per heavy atom. The van der Waals surface area contributed by atoms with Crippen LogP contribution >= 0.6 is 0 Å². The average Bonchev–Trinajstić information content (AvgIpc) is 2.92. The molecule has 120 valence electrons. The molecule has 1 aromatic rings. The first-order valence-corrected chi connectivity index (χ1v) is 7.82. The smallest absolute Gasteiger partial charge is 0.414 e. The number of nitrogens with zero attached hydrogens (tertiary/aromatic N) is 1. The van der Waals surface area contributed by atoms with Crippen molar-refractivity contribution in [1.82, 2.24) is 0 Å². The number of carbonyl (C=O) groups is 2. The highest BCUT2D eigenvalue weighted by Gasteiger charge is 2.31. The van der Waals surface area contributed by atoms with Crippen LogP contribution in [0.15, 0.2) is 24.3 Å². The van der Waals surface area contributed by atoms with E-state index in [1.165, 1.54) is 26.4 Å². The zero-order chi connectivity index (χ0) is 15.9. The van der Waals surface area contributed by atoms with Gasteiger partial charge >= 0.3 is 12.1 Å². The summed E-state index contributed by atoms with van der Waals surface area (Å²) >= 11 is 0. The number of cyclic esters (lactones) is 1. The van der Waals surface area contributed by atoms with Gasteiger partial charge in [0, 0.05) is 5.69 Å². The minimum absolute atomic E-state index is 0.0374. The summed E-state index contributed by atoms with van der Waals surface area (Å²) in [5, 5.41) is 0. The van der Waals surface area contributed by atoms with Gasteiger partial charge in [-0.3, -0.25) is 4.90 Å².